The molecule has 0 aromatic carbocycles. The van der Waals surface area contributed by atoms with E-state index in [4.69, 9.17) is 0 Å². The standard InChI is InChI=1S/C13H28N2/c1-10(2)14-9-11(3)12(4)15(5)13-7-6-8-13/h10-14H,6-9H2,1-5H3. The molecule has 1 aliphatic rings. The average molecular weight is 212 g/mol. The zero-order chi connectivity index (χ0) is 11.4. The second-order valence-corrected chi connectivity index (χ2v) is 5.53. The van der Waals surface area contributed by atoms with Crippen LogP contribution in [0.5, 0.6) is 0 Å². The van der Waals surface area contributed by atoms with E-state index < -0.39 is 0 Å². The summed E-state index contributed by atoms with van der Waals surface area (Å²) in [7, 11) is 2.29. The lowest BCUT2D eigenvalue weighted by atomic mass is 9.89. The van der Waals surface area contributed by atoms with E-state index in [9.17, 15) is 0 Å². The fraction of sp³-hybridized carbons (Fsp3) is 1.00. The van der Waals surface area contributed by atoms with E-state index in [0.29, 0.717) is 12.1 Å². The van der Waals surface area contributed by atoms with Gasteiger partial charge in [0.15, 0.2) is 0 Å². The number of nitrogens with one attached hydrogen (secondary N) is 1. The third kappa shape index (κ3) is 3.76. The molecule has 0 spiro atoms. The minimum atomic E-state index is 0.605. The Hall–Kier alpha value is -0.0800. The van der Waals surface area contributed by atoms with Gasteiger partial charge in [-0.2, -0.15) is 0 Å². The first-order valence-electron chi connectivity index (χ1n) is 6.47. The minimum absolute atomic E-state index is 0.605. The first-order valence-corrected chi connectivity index (χ1v) is 6.47. The molecule has 1 aliphatic carbocycles. The molecule has 1 fully saturated rings. The van der Waals surface area contributed by atoms with Crippen LogP contribution >= 0.6 is 0 Å². The highest BCUT2D eigenvalue weighted by Gasteiger charge is 2.27. The molecule has 15 heavy (non-hydrogen) atoms. The Labute approximate surface area is 95.4 Å². The molecule has 90 valence electrons. The quantitative estimate of drug-likeness (QED) is 0.728. The molecule has 0 bridgehead atoms. The number of rotatable bonds is 6. The number of hydrogen-bond acceptors (Lipinski definition) is 2. The van der Waals surface area contributed by atoms with Crippen LogP contribution in [0.15, 0.2) is 0 Å². The van der Waals surface area contributed by atoms with Gasteiger partial charge in [0, 0.05) is 18.1 Å². The van der Waals surface area contributed by atoms with E-state index in [1.807, 2.05) is 0 Å². The van der Waals surface area contributed by atoms with E-state index in [-0.39, 0.29) is 0 Å². The zero-order valence-corrected chi connectivity index (χ0v) is 11.1. The second-order valence-electron chi connectivity index (χ2n) is 5.53. The molecule has 0 aliphatic heterocycles. The molecule has 0 amide bonds. The van der Waals surface area contributed by atoms with Crippen molar-refractivity contribution in [3.05, 3.63) is 0 Å². The minimum Gasteiger partial charge on any atom is -0.314 e. The Morgan fingerprint density at radius 1 is 1.20 bits per heavy atom. The van der Waals surface area contributed by atoms with E-state index >= 15 is 0 Å². The molecular weight excluding hydrogens is 184 g/mol. The summed E-state index contributed by atoms with van der Waals surface area (Å²) in [5.41, 5.74) is 0. The number of hydrogen-bond donors (Lipinski definition) is 1. The zero-order valence-electron chi connectivity index (χ0n) is 11.1. The second kappa shape index (κ2) is 5.86. The van der Waals surface area contributed by atoms with Crippen LogP contribution in [0.25, 0.3) is 0 Å². The van der Waals surface area contributed by atoms with Gasteiger partial charge in [0.05, 0.1) is 0 Å². The lowest BCUT2D eigenvalue weighted by Crippen LogP contribution is -2.47. The first kappa shape index (κ1) is 13.0. The Morgan fingerprint density at radius 3 is 2.20 bits per heavy atom. The topological polar surface area (TPSA) is 15.3 Å². The highest BCUT2D eigenvalue weighted by molar-refractivity contribution is 4.83. The van der Waals surface area contributed by atoms with Crippen LogP contribution in [0.1, 0.15) is 47.0 Å². The Morgan fingerprint density at radius 2 is 1.80 bits per heavy atom. The van der Waals surface area contributed by atoms with Gasteiger partial charge in [-0.3, -0.25) is 0 Å². The largest absolute Gasteiger partial charge is 0.314 e. The maximum Gasteiger partial charge on any atom is 0.0105 e. The molecule has 1 saturated carbocycles. The van der Waals surface area contributed by atoms with E-state index in [1.165, 1.54) is 19.3 Å². The Balaban J connectivity index is 2.27. The van der Waals surface area contributed by atoms with E-state index in [2.05, 4.69) is 45.0 Å². The van der Waals surface area contributed by atoms with Crippen LogP contribution in [0.3, 0.4) is 0 Å². The molecule has 0 heterocycles. The summed E-state index contributed by atoms with van der Waals surface area (Å²) < 4.78 is 0. The molecule has 1 N–H and O–H groups in total. The summed E-state index contributed by atoms with van der Waals surface area (Å²) in [6.07, 6.45) is 4.25. The summed E-state index contributed by atoms with van der Waals surface area (Å²) in [6, 6.07) is 2.16. The highest BCUT2D eigenvalue weighted by atomic mass is 15.2. The van der Waals surface area contributed by atoms with Crippen molar-refractivity contribution in [1.82, 2.24) is 10.2 Å². The van der Waals surface area contributed by atoms with Crippen LogP contribution < -0.4 is 5.32 Å². The van der Waals surface area contributed by atoms with Crippen molar-refractivity contribution in [2.75, 3.05) is 13.6 Å². The van der Waals surface area contributed by atoms with Crippen LogP contribution in [0.4, 0.5) is 0 Å². The van der Waals surface area contributed by atoms with Crippen LogP contribution in [0.2, 0.25) is 0 Å². The normalized spacial score (nSPS) is 21.8. The van der Waals surface area contributed by atoms with E-state index in [0.717, 1.165) is 18.5 Å². The lowest BCUT2D eigenvalue weighted by molar-refractivity contribution is 0.0892. The van der Waals surface area contributed by atoms with Crippen molar-refractivity contribution in [3.63, 3.8) is 0 Å². The van der Waals surface area contributed by atoms with Gasteiger partial charge in [-0.05, 0) is 39.3 Å². The predicted molar refractivity (Wildman–Crippen MR) is 67.2 cm³/mol. The molecule has 2 nitrogen and oxygen atoms in total. The fourth-order valence-electron chi connectivity index (χ4n) is 2.12. The molecular formula is C13H28N2. The fourth-order valence-corrected chi connectivity index (χ4v) is 2.12. The maximum atomic E-state index is 3.53. The Bertz CT molecular complexity index is 175. The van der Waals surface area contributed by atoms with Gasteiger partial charge in [0.25, 0.3) is 0 Å². The summed E-state index contributed by atoms with van der Waals surface area (Å²) in [6.45, 7) is 10.3. The summed E-state index contributed by atoms with van der Waals surface area (Å²) >= 11 is 0. The van der Waals surface area contributed by atoms with E-state index in [1.54, 1.807) is 0 Å². The molecule has 2 heteroatoms. The molecule has 0 saturated heterocycles. The first-order chi connectivity index (χ1) is 7.02. The van der Waals surface area contributed by atoms with Gasteiger partial charge < -0.3 is 10.2 Å². The molecule has 1 rings (SSSR count). The van der Waals surface area contributed by atoms with Crippen molar-refractivity contribution in [3.8, 4) is 0 Å². The summed E-state index contributed by atoms with van der Waals surface area (Å²) in [4.78, 5) is 2.58. The molecule has 0 aromatic heterocycles. The van der Waals surface area contributed by atoms with Crippen molar-refractivity contribution in [2.24, 2.45) is 5.92 Å². The SMILES string of the molecule is CC(C)NCC(C)C(C)N(C)C1CCC1. The maximum absolute atomic E-state index is 3.53. The smallest absolute Gasteiger partial charge is 0.0105 e. The Kier molecular flexibility index (Phi) is 5.07. The molecule has 2 unspecified atom stereocenters. The third-order valence-corrected chi connectivity index (χ3v) is 3.96. The molecule has 0 aromatic rings. The molecule has 0 radical (unpaired) electrons. The van der Waals surface area contributed by atoms with Crippen molar-refractivity contribution in [1.29, 1.82) is 0 Å². The lowest BCUT2D eigenvalue weighted by Gasteiger charge is -2.41. The van der Waals surface area contributed by atoms with Crippen molar-refractivity contribution < 1.29 is 0 Å². The van der Waals surface area contributed by atoms with Crippen LogP contribution in [-0.2, 0) is 0 Å². The van der Waals surface area contributed by atoms with Crippen LogP contribution in [-0.4, -0.2) is 36.6 Å². The third-order valence-electron chi connectivity index (χ3n) is 3.96. The number of nitrogens with zero attached hydrogens (tertiary/aromatic N) is 1. The van der Waals surface area contributed by atoms with Gasteiger partial charge in [-0.1, -0.05) is 27.2 Å². The predicted octanol–water partition coefficient (Wildman–Crippen LogP) is 2.49. The van der Waals surface area contributed by atoms with Crippen LogP contribution in [0, 0.1) is 5.92 Å². The van der Waals surface area contributed by atoms with Crippen molar-refractivity contribution >= 4 is 0 Å². The van der Waals surface area contributed by atoms with Gasteiger partial charge in [-0.15, -0.1) is 0 Å². The monoisotopic (exact) mass is 212 g/mol. The van der Waals surface area contributed by atoms with Gasteiger partial charge >= 0.3 is 0 Å². The van der Waals surface area contributed by atoms with Gasteiger partial charge in [0.2, 0.25) is 0 Å². The summed E-state index contributed by atoms with van der Waals surface area (Å²) in [5.74, 6) is 0.734. The van der Waals surface area contributed by atoms with Gasteiger partial charge in [-0.25, -0.2) is 0 Å². The van der Waals surface area contributed by atoms with Crippen molar-refractivity contribution in [2.45, 2.75) is 65.1 Å². The summed E-state index contributed by atoms with van der Waals surface area (Å²) in [5, 5.41) is 3.53. The van der Waals surface area contributed by atoms with Gasteiger partial charge in [0.1, 0.15) is 0 Å². The average Bonchev–Trinajstić information content (AvgIpc) is 2.09. The molecule has 2 atom stereocenters. The highest BCUT2D eigenvalue weighted by Crippen LogP contribution is 2.26.